The van der Waals surface area contributed by atoms with Gasteiger partial charge in [0.25, 0.3) is 0 Å². The van der Waals surface area contributed by atoms with Crippen LogP contribution in [0.4, 0.5) is 14.9 Å². The summed E-state index contributed by atoms with van der Waals surface area (Å²) in [6, 6.07) is 4.85. The highest BCUT2D eigenvalue weighted by molar-refractivity contribution is 7.91. The molecular formula is C14H19FN2O3S. The first kappa shape index (κ1) is 15.8. The third-order valence-electron chi connectivity index (χ3n) is 3.47. The molecule has 5 nitrogen and oxygen atoms in total. The maximum absolute atomic E-state index is 12.8. The van der Waals surface area contributed by atoms with E-state index < -0.39 is 9.84 Å². The summed E-state index contributed by atoms with van der Waals surface area (Å²) >= 11 is 0. The van der Waals surface area contributed by atoms with Gasteiger partial charge in [0, 0.05) is 18.3 Å². The molecule has 1 heterocycles. The zero-order valence-electron chi connectivity index (χ0n) is 11.9. The molecule has 0 aromatic heterocycles. The van der Waals surface area contributed by atoms with E-state index in [1.54, 1.807) is 4.90 Å². The first-order chi connectivity index (χ1) is 9.91. The minimum Gasteiger partial charge on any atom is -0.321 e. The van der Waals surface area contributed by atoms with Crippen LogP contribution in [0, 0.1) is 5.82 Å². The number of carbonyl (C=O) groups is 1. The van der Waals surface area contributed by atoms with Crippen LogP contribution in [-0.4, -0.2) is 43.4 Å². The van der Waals surface area contributed by atoms with Crippen LogP contribution in [-0.2, 0) is 9.84 Å². The van der Waals surface area contributed by atoms with Crippen LogP contribution >= 0.6 is 0 Å². The van der Waals surface area contributed by atoms with E-state index in [2.05, 4.69) is 5.32 Å². The van der Waals surface area contributed by atoms with Gasteiger partial charge < -0.3 is 10.2 Å². The standard InChI is InChI=1S/C14H19FN2O3S/c1-2-8-17(13-7-9-21(19,20)10-13)14(18)16-12-5-3-11(15)4-6-12/h3-6,13H,2,7-10H2,1H3,(H,16,18)/t13-/m1/s1. The average Bonchev–Trinajstić information content (AvgIpc) is 2.78. The van der Waals surface area contributed by atoms with Crippen LogP contribution < -0.4 is 5.32 Å². The van der Waals surface area contributed by atoms with Crippen molar-refractivity contribution in [1.82, 2.24) is 4.90 Å². The number of hydrogen-bond donors (Lipinski definition) is 1. The second kappa shape index (κ2) is 6.43. The van der Waals surface area contributed by atoms with Crippen LogP contribution in [0.15, 0.2) is 24.3 Å². The van der Waals surface area contributed by atoms with Gasteiger partial charge in [-0.1, -0.05) is 6.92 Å². The minimum atomic E-state index is -3.04. The summed E-state index contributed by atoms with van der Waals surface area (Å²) in [6.07, 6.45) is 1.21. The molecule has 0 bridgehead atoms. The fourth-order valence-electron chi connectivity index (χ4n) is 2.44. The Kier molecular flexibility index (Phi) is 4.82. The van der Waals surface area contributed by atoms with Gasteiger partial charge in [0.2, 0.25) is 0 Å². The molecule has 1 aliphatic heterocycles. The zero-order valence-corrected chi connectivity index (χ0v) is 12.7. The summed E-state index contributed by atoms with van der Waals surface area (Å²) in [7, 11) is -3.04. The van der Waals surface area contributed by atoms with Crippen molar-refractivity contribution in [2.45, 2.75) is 25.8 Å². The zero-order chi connectivity index (χ0) is 15.5. The van der Waals surface area contributed by atoms with Gasteiger partial charge in [-0.25, -0.2) is 17.6 Å². The van der Waals surface area contributed by atoms with E-state index in [0.29, 0.717) is 18.7 Å². The topological polar surface area (TPSA) is 66.5 Å². The quantitative estimate of drug-likeness (QED) is 0.927. The molecule has 1 aromatic rings. The van der Waals surface area contributed by atoms with Gasteiger partial charge >= 0.3 is 6.03 Å². The van der Waals surface area contributed by atoms with Crippen LogP contribution in [0.2, 0.25) is 0 Å². The number of anilines is 1. The fourth-order valence-corrected chi connectivity index (χ4v) is 4.17. The molecule has 2 rings (SSSR count). The monoisotopic (exact) mass is 314 g/mol. The van der Waals surface area contributed by atoms with E-state index in [9.17, 15) is 17.6 Å². The van der Waals surface area contributed by atoms with Crippen molar-refractivity contribution in [3.8, 4) is 0 Å². The van der Waals surface area contributed by atoms with E-state index in [0.717, 1.165) is 6.42 Å². The molecule has 1 aromatic carbocycles. The number of halogens is 1. The number of carbonyl (C=O) groups excluding carboxylic acids is 1. The highest BCUT2D eigenvalue weighted by Gasteiger charge is 2.34. The lowest BCUT2D eigenvalue weighted by Crippen LogP contribution is -2.44. The minimum absolute atomic E-state index is 0.0177. The summed E-state index contributed by atoms with van der Waals surface area (Å²) in [6.45, 7) is 2.43. The van der Waals surface area contributed by atoms with Crippen LogP contribution in [0.1, 0.15) is 19.8 Å². The first-order valence-corrected chi connectivity index (χ1v) is 8.77. The summed E-state index contributed by atoms with van der Waals surface area (Å²) in [5.74, 6) is -0.230. The molecule has 1 N–H and O–H groups in total. The van der Waals surface area contributed by atoms with Crippen molar-refractivity contribution in [3.63, 3.8) is 0 Å². The number of urea groups is 1. The molecular weight excluding hydrogens is 295 g/mol. The Labute approximate surface area is 124 Å². The van der Waals surface area contributed by atoms with Gasteiger partial charge in [-0.3, -0.25) is 0 Å². The van der Waals surface area contributed by atoms with E-state index in [4.69, 9.17) is 0 Å². The molecule has 116 valence electrons. The highest BCUT2D eigenvalue weighted by atomic mass is 32.2. The fraction of sp³-hybridized carbons (Fsp3) is 0.500. The number of hydrogen-bond acceptors (Lipinski definition) is 3. The molecule has 2 amide bonds. The Balaban J connectivity index is 2.07. The van der Waals surface area contributed by atoms with E-state index in [1.807, 2.05) is 6.92 Å². The Morgan fingerprint density at radius 2 is 2.05 bits per heavy atom. The van der Waals surface area contributed by atoms with E-state index in [1.165, 1.54) is 24.3 Å². The summed E-state index contributed by atoms with van der Waals surface area (Å²) in [5, 5.41) is 2.68. The third-order valence-corrected chi connectivity index (χ3v) is 5.22. The maximum Gasteiger partial charge on any atom is 0.322 e. The van der Waals surface area contributed by atoms with E-state index in [-0.39, 0.29) is 29.4 Å². The maximum atomic E-state index is 12.8. The van der Waals surface area contributed by atoms with Gasteiger partial charge in [-0.15, -0.1) is 0 Å². The lowest BCUT2D eigenvalue weighted by Gasteiger charge is -2.28. The van der Waals surface area contributed by atoms with Gasteiger partial charge in [0.15, 0.2) is 9.84 Å². The Bertz CT molecular complexity index is 601. The van der Waals surface area contributed by atoms with Gasteiger partial charge in [0.05, 0.1) is 11.5 Å². The van der Waals surface area contributed by atoms with Crippen LogP contribution in [0.25, 0.3) is 0 Å². The van der Waals surface area contributed by atoms with Crippen molar-refractivity contribution >= 4 is 21.6 Å². The number of benzene rings is 1. The lowest BCUT2D eigenvalue weighted by molar-refractivity contribution is 0.194. The molecule has 0 aliphatic carbocycles. The number of sulfone groups is 1. The van der Waals surface area contributed by atoms with Crippen molar-refractivity contribution in [1.29, 1.82) is 0 Å². The molecule has 1 atom stereocenters. The Hall–Kier alpha value is -1.63. The van der Waals surface area contributed by atoms with Crippen LogP contribution in [0.5, 0.6) is 0 Å². The SMILES string of the molecule is CCCN(C(=O)Nc1ccc(F)cc1)[C@@H]1CCS(=O)(=O)C1. The smallest absolute Gasteiger partial charge is 0.321 e. The molecule has 21 heavy (non-hydrogen) atoms. The van der Waals surface area contributed by atoms with Gasteiger partial charge in [0.1, 0.15) is 5.82 Å². The van der Waals surface area contributed by atoms with Crippen LogP contribution in [0.3, 0.4) is 0 Å². The third kappa shape index (κ3) is 4.17. The van der Waals surface area contributed by atoms with Crippen molar-refractivity contribution < 1.29 is 17.6 Å². The molecule has 0 spiro atoms. The summed E-state index contributed by atoms with van der Waals surface area (Å²) in [4.78, 5) is 13.9. The number of nitrogens with zero attached hydrogens (tertiary/aromatic N) is 1. The van der Waals surface area contributed by atoms with E-state index >= 15 is 0 Å². The van der Waals surface area contributed by atoms with Crippen molar-refractivity contribution in [3.05, 3.63) is 30.1 Å². The molecule has 0 radical (unpaired) electrons. The predicted molar refractivity (Wildman–Crippen MR) is 79.5 cm³/mol. The normalized spacial score (nSPS) is 20.2. The molecule has 1 fully saturated rings. The number of nitrogens with one attached hydrogen (secondary N) is 1. The van der Waals surface area contributed by atoms with Crippen molar-refractivity contribution in [2.75, 3.05) is 23.4 Å². The Morgan fingerprint density at radius 3 is 2.57 bits per heavy atom. The van der Waals surface area contributed by atoms with Gasteiger partial charge in [-0.2, -0.15) is 0 Å². The second-order valence-corrected chi connectivity index (χ2v) is 7.42. The van der Waals surface area contributed by atoms with Crippen molar-refractivity contribution in [2.24, 2.45) is 0 Å². The molecule has 7 heteroatoms. The predicted octanol–water partition coefficient (Wildman–Crippen LogP) is 2.26. The molecule has 1 aliphatic rings. The largest absolute Gasteiger partial charge is 0.322 e. The molecule has 0 saturated carbocycles. The lowest BCUT2D eigenvalue weighted by atomic mass is 10.2. The second-order valence-electron chi connectivity index (χ2n) is 5.19. The molecule has 0 unspecified atom stereocenters. The summed E-state index contributed by atoms with van der Waals surface area (Å²) < 4.78 is 36.0. The number of amides is 2. The first-order valence-electron chi connectivity index (χ1n) is 6.95. The Morgan fingerprint density at radius 1 is 1.38 bits per heavy atom. The van der Waals surface area contributed by atoms with Gasteiger partial charge in [-0.05, 0) is 37.1 Å². The summed E-state index contributed by atoms with van der Waals surface area (Å²) in [5.41, 5.74) is 0.489. The number of rotatable bonds is 4. The molecule has 1 saturated heterocycles. The highest BCUT2D eigenvalue weighted by Crippen LogP contribution is 2.19. The average molecular weight is 314 g/mol.